The molecule has 3 saturated carbocycles. The van der Waals surface area contributed by atoms with E-state index < -0.39 is 0 Å². The minimum Gasteiger partial charge on any atom is -0.366 e. The molecule has 0 radical (unpaired) electrons. The van der Waals surface area contributed by atoms with Crippen molar-refractivity contribution >= 4 is 0 Å². The smallest absolute Gasteiger partial charge is 0.110 e. The summed E-state index contributed by atoms with van der Waals surface area (Å²) in [6, 6.07) is -0.0593. The van der Waals surface area contributed by atoms with E-state index in [0.29, 0.717) is 5.41 Å². The summed E-state index contributed by atoms with van der Waals surface area (Å²) in [5, 5.41) is 3.36. The van der Waals surface area contributed by atoms with Crippen molar-refractivity contribution in [1.82, 2.24) is 0 Å². The van der Waals surface area contributed by atoms with Gasteiger partial charge in [0, 0.05) is 5.41 Å². The minimum absolute atomic E-state index is 0.0240. The van der Waals surface area contributed by atoms with Crippen LogP contribution in [-0.2, 0) is 4.74 Å². The number of fused-ring (bicyclic) bond motifs is 6. The molecule has 0 aromatic carbocycles. The van der Waals surface area contributed by atoms with Gasteiger partial charge in [-0.1, -0.05) is 49.2 Å². The molecule has 0 N–H and O–H groups in total. The third-order valence-electron chi connectivity index (χ3n) is 9.27. The number of hydrogen-bond acceptors (Lipinski definition) is 3. The van der Waals surface area contributed by atoms with Gasteiger partial charge in [-0.3, -0.25) is 0 Å². The van der Waals surface area contributed by atoms with Crippen LogP contribution in [-0.4, -0.2) is 18.2 Å². The van der Waals surface area contributed by atoms with Gasteiger partial charge in [-0.2, -0.15) is 4.91 Å². The van der Waals surface area contributed by atoms with Gasteiger partial charge in [0.15, 0.2) is 0 Å². The average molecular weight is 356 g/mol. The first-order valence-corrected chi connectivity index (χ1v) is 11.0. The third-order valence-corrected chi connectivity index (χ3v) is 9.27. The van der Waals surface area contributed by atoms with Crippen molar-refractivity contribution in [3.63, 3.8) is 0 Å². The Morgan fingerprint density at radius 1 is 1.23 bits per heavy atom. The number of allylic oxidation sites excluding steroid dienone is 1. The molecule has 1 heterocycles. The lowest BCUT2D eigenvalue weighted by Gasteiger charge is -2.58. The van der Waals surface area contributed by atoms with Crippen LogP contribution in [0.5, 0.6) is 0 Å². The Morgan fingerprint density at radius 3 is 2.85 bits per heavy atom. The van der Waals surface area contributed by atoms with Gasteiger partial charge >= 0.3 is 0 Å². The standard InChI is InChI=1S/C23H33NO2/c1-3-15-13-16-14-17(24-25)5-6-18(16)19-7-10-22(2)20(21(15)19)8-11-23(22)9-4-12-26-23/h4,9,14-15,17-21H,3,5-8,10-13H2,1-2H3/t15?,17?,18-,19?,20?,21?,22-,23-/m0/s1. The predicted octanol–water partition coefficient (Wildman–Crippen LogP) is 5.66. The molecule has 142 valence electrons. The molecule has 3 fully saturated rings. The Morgan fingerprint density at radius 2 is 2.12 bits per heavy atom. The lowest BCUT2D eigenvalue weighted by molar-refractivity contribution is -0.121. The van der Waals surface area contributed by atoms with Gasteiger partial charge in [-0.15, -0.1) is 0 Å². The summed E-state index contributed by atoms with van der Waals surface area (Å²) < 4.78 is 6.39. The SMILES string of the molecule is CCC1CC2=CC(N=O)CC[C@@H]2C2CC[C@@]3(C)C(CC[C@@]34C=CCO4)C12. The number of ether oxygens (including phenoxy) is 1. The molecule has 1 aliphatic heterocycles. The predicted molar refractivity (Wildman–Crippen MR) is 104 cm³/mol. The Labute approximate surface area is 157 Å². The molecule has 0 amide bonds. The van der Waals surface area contributed by atoms with Crippen LogP contribution in [0.25, 0.3) is 0 Å². The molecule has 3 heteroatoms. The summed E-state index contributed by atoms with van der Waals surface area (Å²) in [6.07, 6.45) is 16.8. The summed E-state index contributed by atoms with van der Waals surface area (Å²) in [6.45, 7) is 5.73. The van der Waals surface area contributed by atoms with Crippen molar-refractivity contribution in [2.24, 2.45) is 40.2 Å². The van der Waals surface area contributed by atoms with E-state index in [9.17, 15) is 4.91 Å². The van der Waals surface area contributed by atoms with Crippen molar-refractivity contribution in [2.45, 2.75) is 76.9 Å². The number of rotatable bonds is 2. The molecule has 4 aliphatic carbocycles. The summed E-state index contributed by atoms with van der Waals surface area (Å²) in [7, 11) is 0. The van der Waals surface area contributed by atoms with E-state index in [2.05, 4.69) is 37.3 Å². The zero-order valence-corrected chi connectivity index (χ0v) is 16.3. The Hall–Kier alpha value is -0.960. The molecule has 5 unspecified atom stereocenters. The molecule has 26 heavy (non-hydrogen) atoms. The Balaban J connectivity index is 1.50. The summed E-state index contributed by atoms with van der Waals surface area (Å²) in [4.78, 5) is 11.1. The van der Waals surface area contributed by atoms with Crippen LogP contribution in [0.15, 0.2) is 29.0 Å². The highest BCUT2D eigenvalue weighted by Gasteiger charge is 2.64. The van der Waals surface area contributed by atoms with Crippen molar-refractivity contribution in [3.05, 3.63) is 28.7 Å². The van der Waals surface area contributed by atoms with Gasteiger partial charge in [0.05, 0.1) is 12.2 Å². The third kappa shape index (κ3) is 2.16. The van der Waals surface area contributed by atoms with Crippen LogP contribution >= 0.6 is 0 Å². The van der Waals surface area contributed by atoms with Gasteiger partial charge in [-0.25, -0.2) is 0 Å². The van der Waals surface area contributed by atoms with Crippen LogP contribution in [0, 0.1) is 39.9 Å². The van der Waals surface area contributed by atoms with E-state index in [1.54, 1.807) is 5.57 Å². The average Bonchev–Trinajstić information content (AvgIpc) is 3.26. The first-order chi connectivity index (χ1) is 12.6. The summed E-state index contributed by atoms with van der Waals surface area (Å²) in [5.41, 5.74) is 1.93. The second kappa shape index (κ2) is 6.02. The quantitative estimate of drug-likeness (QED) is 0.474. The van der Waals surface area contributed by atoms with E-state index >= 15 is 0 Å². The van der Waals surface area contributed by atoms with Crippen molar-refractivity contribution in [1.29, 1.82) is 0 Å². The highest BCUT2D eigenvalue weighted by molar-refractivity contribution is 5.26. The molecular weight excluding hydrogens is 322 g/mol. The van der Waals surface area contributed by atoms with Crippen molar-refractivity contribution in [3.8, 4) is 0 Å². The molecule has 5 rings (SSSR count). The lowest BCUT2D eigenvalue weighted by atomic mass is 9.48. The maximum absolute atomic E-state index is 11.1. The zero-order chi connectivity index (χ0) is 17.9. The van der Waals surface area contributed by atoms with Crippen LogP contribution in [0.1, 0.15) is 65.2 Å². The van der Waals surface area contributed by atoms with Gasteiger partial charge in [0.2, 0.25) is 0 Å². The molecule has 3 nitrogen and oxygen atoms in total. The largest absolute Gasteiger partial charge is 0.366 e. The minimum atomic E-state index is -0.0593. The highest BCUT2D eigenvalue weighted by atomic mass is 16.5. The first kappa shape index (κ1) is 17.2. The van der Waals surface area contributed by atoms with Gasteiger partial charge < -0.3 is 4.74 Å². The molecule has 5 aliphatic rings. The maximum Gasteiger partial charge on any atom is 0.110 e. The summed E-state index contributed by atoms with van der Waals surface area (Å²) in [5.74, 6) is 3.97. The fourth-order valence-electron chi connectivity index (χ4n) is 8.04. The number of hydrogen-bond donors (Lipinski definition) is 0. The maximum atomic E-state index is 11.1. The highest BCUT2D eigenvalue weighted by Crippen LogP contribution is 2.68. The van der Waals surface area contributed by atoms with E-state index in [0.717, 1.165) is 42.6 Å². The Kier molecular flexibility index (Phi) is 3.97. The van der Waals surface area contributed by atoms with Gasteiger partial charge in [0.25, 0.3) is 0 Å². The summed E-state index contributed by atoms with van der Waals surface area (Å²) >= 11 is 0. The van der Waals surface area contributed by atoms with Crippen LogP contribution in [0.2, 0.25) is 0 Å². The molecule has 0 aromatic heterocycles. The number of nitroso groups, excluding NO2 is 1. The normalized spacial score (nSPS) is 52.3. The molecular formula is C23H33NO2. The van der Waals surface area contributed by atoms with E-state index in [-0.39, 0.29) is 11.6 Å². The second-order valence-corrected chi connectivity index (χ2v) is 9.92. The zero-order valence-electron chi connectivity index (χ0n) is 16.3. The first-order valence-electron chi connectivity index (χ1n) is 11.0. The van der Waals surface area contributed by atoms with E-state index in [4.69, 9.17) is 4.74 Å². The van der Waals surface area contributed by atoms with Gasteiger partial charge in [-0.05, 0) is 74.5 Å². The van der Waals surface area contributed by atoms with E-state index in [1.165, 1.54) is 44.9 Å². The second-order valence-electron chi connectivity index (χ2n) is 9.92. The molecule has 0 aromatic rings. The van der Waals surface area contributed by atoms with Gasteiger partial charge in [0.1, 0.15) is 6.04 Å². The van der Waals surface area contributed by atoms with Crippen molar-refractivity contribution < 1.29 is 4.74 Å². The fourth-order valence-corrected chi connectivity index (χ4v) is 8.04. The Bertz CT molecular complexity index is 655. The van der Waals surface area contributed by atoms with Crippen LogP contribution in [0.3, 0.4) is 0 Å². The number of nitrogens with zero attached hydrogens (tertiary/aromatic N) is 1. The molecule has 0 saturated heterocycles. The fraction of sp³-hybridized carbons (Fsp3) is 0.826. The topological polar surface area (TPSA) is 38.7 Å². The van der Waals surface area contributed by atoms with Crippen LogP contribution in [0.4, 0.5) is 0 Å². The monoisotopic (exact) mass is 355 g/mol. The van der Waals surface area contributed by atoms with Crippen LogP contribution < -0.4 is 0 Å². The van der Waals surface area contributed by atoms with E-state index in [1.807, 2.05) is 0 Å². The van der Waals surface area contributed by atoms with Crippen molar-refractivity contribution in [2.75, 3.05) is 6.61 Å². The molecule has 1 spiro atoms. The molecule has 0 bridgehead atoms. The molecule has 8 atom stereocenters. The lowest BCUT2D eigenvalue weighted by Crippen LogP contribution is -2.54.